The number of carboxylic acids is 1. The molecule has 4 heteroatoms. The molecule has 0 unspecified atom stereocenters. The Labute approximate surface area is 98.8 Å². The molecule has 1 N–H and O–H groups in total. The number of rotatable bonds is 5. The van der Waals surface area contributed by atoms with Crippen molar-refractivity contribution in [2.24, 2.45) is 0 Å². The zero-order valence-corrected chi connectivity index (χ0v) is 9.09. The third-order valence-corrected chi connectivity index (χ3v) is 2.10. The number of aromatic carboxylic acids is 1. The fourth-order valence-corrected chi connectivity index (χ4v) is 1.19. The highest BCUT2D eigenvalue weighted by Gasteiger charge is 2.00. The highest BCUT2D eigenvalue weighted by Crippen LogP contribution is 2.06. The average molecular weight is 229 g/mol. The van der Waals surface area contributed by atoms with Crippen molar-refractivity contribution in [1.29, 1.82) is 5.26 Å². The summed E-state index contributed by atoms with van der Waals surface area (Å²) in [6, 6.07) is 8.09. The monoisotopic (exact) mass is 229 g/mol. The van der Waals surface area contributed by atoms with E-state index in [1.54, 1.807) is 18.2 Å². The maximum absolute atomic E-state index is 11.2. The van der Waals surface area contributed by atoms with Crippen LogP contribution < -0.4 is 0 Å². The van der Waals surface area contributed by atoms with Crippen molar-refractivity contribution in [2.45, 2.75) is 12.8 Å². The van der Waals surface area contributed by atoms with E-state index in [1.807, 2.05) is 6.07 Å². The lowest BCUT2D eigenvalue weighted by atomic mass is 10.1. The topological polar surface area (TPSA) is 78.2 Å². The zero-order valence-electron chi connectivity index (χ0n) is 9.09. The van der Waals surface area contributed by atoms with Crippen molar-refractivity contribution in [2.75, 3.05) is 0 Å². The maximum atomic E-state index is 11.2. The van der Waals surface area contributed by atoms with Gasteiger partial charge in [0.05, 0.1) is 11.6 Å². The van der Waals surface area contributed by atoms with Crippen molar-refractivity contribution in [3.63, 3.8) is 0 Å². The van der Waals surface area contributed by atoms with Gasteiger partial charge in [-0.05, 0) is 23.8 Å². The molecule has 0 spiro atoms. The Morgan fingerprint density at radius 1 is 1.29 bits per heavy atom. The van der Waals surface area contributed by atoms with Gasteiger partial charge in [0.2, 0.25) is 0 Å². The Hall–Kier alpha value is -2.41. The first-order chi connectivity index (χ1) is 8.13. The van der Waals surface area contributed by atoms with Gasteiger partial charge in [-0.1, -0.05) is 18.2 Å². The molecule has 1 aromatic carbocycles. The molecule has 17 heavy (non-hydrogen) atoms. The quantitative estimate of drug-likeness (QED) is 0.785. The molecule has 0 radical (unpaired) electrons. The number of nitrogens with zero attached hydrogens (tertiary/aromatic N) is 1. The number of carbonyl (C=O) groups is 2. The summed E-state index contributed by atoms with van der Waals surface area (Å²) in [6.07, 6.45) is 3.42. The second kappa shape index (κ2) is 6.23. The predicted molar refractivity (Wildman–Crippen MR) is 62.3 cm³/mol. The van der Waals surface area contributed by atoms with Gasteiger partial charge < -0.3 is 5.11 Å². The van der Waals surface area contributed by atoms with E-state index in [2.05, 4.69) is 0 Å². The summed E-state index contributed by atoms with van der Waals surface area (Å²) in [7, 11) is 0. The Bertz CT molecular complexity index is 480. The van der Waals surface area contributed by atoms with Gasteiger partial charge >= 0.3 is 5.97 Å². The summed E-state index contributed by atoms with van der Waals surface area (Å²) in [5, 5.41) is 17.0. The van der Waals surface area contributed by atoms with Gasteiger partial charge in [-0.3, -0.25) is 4.79 Å². The molecule has 0 saturated heterocycles. The summed E-state index contributed by atoms with van der Waals surface area (Å²) >= 11 is 0. The first-order valence-corrected chi connectivity index (χ1v) is 5.04. The van der Waals surface area contributed by atoms with Crippen LogP contribution in [0.4, 0.5) is 0 Å². The molecule has 0 amide bonds. The molecule has 0 aliphatic heterocycles. The van der Waals surface area contributed by atoms with E-state index in [0.29, 0.717) is 0 Å². The molecule has 0 bridgehead atoms. The number of carboxylic acid groups (broad SMARTS) is 1. The van der Waals surface area contributed by atoms with Crippen LogP contribution in [0.1, 0.15) is 28.8 Å². The van der Waals surface area contributed by atoms with Crippen molar-refractivity contribution in [3.05, 3.63) is 41.5 Å². The van der Waals surface area contributed by atoms with Gasteiger partial charge in [0.1, 0.15) is 0 Å². The van der Waals surface area contributed by atoms with Gasteiger partial charge in [0, 0.05) is 12.8 Å². The minimum atomic E-state index is -0.981. The summed E-state index contributed by atoms with van der Waals surface area (Å²) < 4.78 is 0. The van der Waals surface area contributed by atoms with Crippen molar-refractivity contribution in [3.8, 4) is 6.07 Å². The lowest BCUT2D eigenvalue weighted by Crippen LogP contribution is -1.95. The minimum Gasteiger partial charge on any atom is -0.478 e. The molecule has 1 aromatic rings. The molecular weight excluding hydrogens is 218 g/mol. The normalized spacial score (nSPS) is 10.1. The smallest absolute Gasteiger partial charge is 0.335 e. The summed E-state index contributed by atoms with van der Waals surface area (Å²) in [6.45, 7) is 0. The molecule has 86 valence electrons. The Balaban J connectivity index is 2.63. The zero-order chi connectivity index (χ0) is 12.7. The van der Waals surface area contributed by atoms with Crippen molar-refractivity contribution >= 4 is 17.8 Å². The van der Waals surface area contributed by atoms with Gasteiger partial charge in [-0.25, -0.2) is 4.79 Å². The van der Waals surface area contributed by atoms with E-state index in [1.165, 1.54) is 18.2 Å². The number of hydrogen-bond acceptors (Lipinski definition) is 3. The number of allylic oxidation sites excluding steroid dienone is 1. The summed E-state index contributed by atoms with van der Waals surface area (Å²) in [5.41, 5.74) is 0.957. The standard InChI is InChI=1S/C13H11NO3/c14-9-1-2-12(15)8-5-10-3-6-11(7-4-10)13(16)17/h3-8H,1-2H2,(H,16,17)/b8-5+. The predicted octanol–water partition coefficient (Wildman–Crippen LogP) is 2.27. The lowest BCUT2D eigenvalue weighted by Gasteiger charge is -1.95. The first-order valence-electron chi connectivity index (χ1n) is 5.04. The molecule has 0 atom stereocenters. The molecule has 0 aliphatic carbocycles. The Kier molecular flexibility index (Phi) is 4.64. The number of ketones is 1. The second-order valence-electron chi connectivity index (χ2n) is 3.38. The highest BCUT2D eigenvalue weighted by molar-refractivity contribution is 5.94. The van der Waals surface area contributed by atoms with Crippen molar-refractivity contribution < 1.29 is 14.7 Å². The number of nitriles is 1. The maximum Gasteiger partial charge on any atom is 0.335 e. The Morgan fingerprint density at radius 3 is 2.47 bits per heavy atom. The molecule has 0 fully saturated rings. The van der Waals surface area contributed by atoms with E-state index in [0.717, 1.165) is 5.56 Å². The highest BCUT2D eigenvalue weighted by atomic mass is 16.4. The molecule has 0 heterocycles. The van der Waals surface area contributed by atoms with E-state index in [9.17, 15) is 9.59 Å². The van der Waals surface area contributed by atoms with Crippen molar-refractivity contribution in [1.82, 2.24) is 0 Å². The van der Waals surface area contributed by atoms with E-state index in [4.69, 9.17) is 10.4 Å². The van der Waals surface area contributed by atoms with E-state index >= 15 is 0 Å². The molecule has 1 rings (SSSR count). The van der Waals surface area contributed by atoms with E-state index < -0.39 is 5.97 Å². The first kappa shape index (κ1) is 12.7. The molecule has 0 saturated carbocycles. The third kappa shape index (κ3) is 4.31. The van der Waals surface area contributed by atoms with Gasteiger partial charge in [-0.15, -0.1) is 0 Å². The SMILES string of the molecule is N#CCCC(=O)/C=C/c1ccc(C(=O)O)cc1. The van der Waals surface area contributed by atoms with Crippen LogP contribution in [-0.2, 0) is 4.79 Å². The number of hydrogen-bond donors (Lipinski definition) is 1. The van der Waals surface area contributed by atoms with Gasteiger partial charge in [-0.2, -0.15) is 5.26 Å². The van der Waals surface area contributed by atoms with Crippen LogP contribution in [0.25, 0.3) is 6.08 Å². The summed E-state index contributed by atoms with van der Waals surface area (Å²) in [5.74, 6) is -1.10. The molecule has 0 aromatic heterocycles. The van der Waals surface area contributed by atoms with Crippen LogP contribution in [0.3, 0.4) is 0 Å². The molecule has 0 aliphatic rings. The third-order valence-electron chi connectivity index (χ3n) is 2.10. The Morgan fingerprint density at radius 2 is 1.94 bits per heavy atom. The molecule has 4 nitrogen and oxygen atoms in total. The minimum absolute atomic E-state index is 0.117. The number of carbonyl (C=O) groups excluding carboxylic acids is 1. The van der Waals surface area contributed by atoms with Crippen LogP contribution in [0.2, 0.25) is 0 Å². The van der Waals surface area contributed by atoms with Crippen LogP contribution >= 0.6 is 0 Å². The number of benzene rings is 1. The fraction of sp³-hybridized carbons (Fsp3) is 0.154. The van der Waals surface area contributed by atoms with Crippen LogP contribution in [0, 0.1) is 11.3 Å². The second-order valence-corrected chi connectivity index (χ2v) is 3.38. The fourth-order valence-electron chi connectivity index (χ4n) is 1.19. The van der Waals surface area contributed by atoms with Gasteiger partial charge in [0.15, 0.2) is 5.78 Å². The van der Waals surface area contributed by atoms with Crippen LogP contribution in [-0.4, -0.2) is 16.9 Å². The van der Waals surface area contributed by atoms with Crippen LogP contribution in [0.15, 0.2) is 30.3 Å². The average Bonchev–Trinajstić information content (AvgIpc) is 2.34. The largest absolute Gasteiger partial charge is 0.478 e. The van der Waals surface area contributed by atoms with E-state index in [-0.39, 0.29) is 24.2 Å². The summed E-state index contributed by atoms with van der Waals surface area (Å²) in [4.78, 5) is 21.8. The molecular formula is C13H11NO3. The van der Waals surface area contributed by atoms with Gasteiger partial charge in [0.25, 0.3) is 0 Å². The lowest BCUT2D eigenvalue weighted by molar-refractivity contribution is -0.114. The van der Waals surface area contributed by atoms with Crippen LogP contribution in [0.5, 0.6) is 0 Å².